The Labute approximate surface area is 128 Å². The number of carbonyl (C=O) groups excluding carboxylic acids is 1. The van der Waals surface area contributed by atoms with Crippen LogP contribution in [0.15, 0.2) is 18.2 Å². The molecule has 0 bridgehead atoms. The molecule has 0 heterocycles. The maximum absolute atomic E-state index is 11.6. The number of nitrogens with two attached hydrogens (primary N) is 1. The van der Waals surface area contributed by atoms with E-state index in [1.807, 2.05) is 25.1 Å². The van der Waals surface area contributed by atoms with Gasteiger partial charge in [-0.3, -0.25) is 4.79 Å². The van der Waals surface area contributed by atoms with Gasteiger partial charge in [-0.1, -0.05) is 26.0 Å². The van der Waals surface area contributed by atoms with E-state index in [1.54, 1.807) is 0 Å². The first-order valence-corrected chi connectivity index (χ1v) is 7.72. The number of amides is 1. The Hall–Kier alpha value is -1.55. The van der Waals surface area contributed by atoms with Crippen molar-refractivity contribution < 1.29 is 9.53 Å². The fourth-order valence-electron chi connectivity index (χ4n) is 1.89. The summed E-state index contributed by atoms with van der Waals surface area (Å²) in [5.74, 6) is 1.53. The number of hydrogen-bond donors (Lipinski definition) is 2. The van der Waals surface area contributed by atoms with Gasteiger partial charge >= 0.3 is 0 Å². The van der Waals surface area contributed by atoms with Gasteiger partial charge in [-0.2, -0.15) is 0 Å². The van der Waals surface area contributed by atoms with Gasteiger partial charge in [-0.25, -0.2) is 0 Å². The highest BCUT2D eigenvalue weighted by molar-refractivity contribution is 5.75. The molecule has 0 atom stereocenters. The monoisotopic (exact) mass is 292 g/mol. The summed E-state index contributed by atoms with van der Waals surface area (Å²) in [5, 5.41) is 2.92. The van der Waals surface area contributed by atoms with Crippen LogP contribution in [0.3, 0.4) is 0 Å². The van der Waals surface area contributed by atoms with Gasteiger partial charge < -0.3 is 15.8 Å². The Morgan fingerprint density at radius 3 is 2.81 bits per heavy atom. The summed E-state index contributed by atoms with van der Waals surface area (Å²) in [6.07, 6.45) is 2.22. The summed E-state index contributed by atoms with van der Waals surface area (Å²) in [7, 11) is 0. The summed E-state index contributed by atoms with van der Waals surface area (Å²) in [6.45, 7) is 8.15. The van der Waals surface area contributed by atoms with Crippen LogP contribution in [0.4, 0.5) is 0 Å². The lowest BCUT2D eigenvalue weighted by Gasteiger charge is -2.14. The number of nitrogens with one attached hydrogen (secondary N) is 1. The van der Waals surface area contributed by atoms with Crippen LogP contribution in [0.25, 0.3) is 0 Å². The quantitative estimate of drug-likeness (QED) is 0.735. The minimum Gasteiger partial charge on any atom is -0.493 e. The van der Waals surface area contributed by atoms with Crippen LogP contribution >= 0.6 is 0 Å². The third-order valence-electron chi connectivity index (χ3n) is 3.26. The van der Waals surface area contributed by atoms with E-state index >= 15 is 0 Å². The first-order valence-electron chi connectivity index (χ1n) is 7.72. The minimum atomic E-state index is 0.0363. The Balaban J connectivity index is 2.57. The molecule has 1 rings (SSSR count). The van der Waals surface area contributed by atoms with Gasteiger partial charge in [-0.05, 0) is 43.9 Å². The van der Waals surface area contributed by atoms with Crippen molar-refractivity contribution in [3.8, 4) is 5.75 Å². The zero-order chi connectivity index (χ0) is 15.7. The van der Waals surface area contributed by atoms with Crippen LogP contribution in [0.5, 0.6) is 5.75 Å². The normalized spacial score (nSPS) is 10.7. The zero-order valence-corrected chi connectivity index (χ0v) is 13.4. The van der Waals surface area contributed by atoms with Crippen molar-refractivity contribution in [1.29, 1.82) is 0 Å². The molecule has 4 nitrogen and oxygen atoms in total. The molecule has 0 spiro atoms. The highest BCUT2D eigenvalue weighted by Gasteiger charge is 2.07. The number of carbonyl (C=O) groups is 1. The van der Waals surface area contributed by atoms with E-state index in [-0.39, 0.29) is 5.91 Å². The number of benzene rings is 1. The second-order valence-electron chi connectivity index (χ2n) is 5.81. The summed E-state index contributed by atoms with van der Waals surface area (Å²) in [4.78, 5) is 11.6. The molecule has 1 aromatic carbocycles. The van der Waals surface area contributed by atoms with Crippen molar-refractivity contribution in [2.45, 2.75) is 46.6 Å². The standard InChI is InChI=1S/C17H28N2O2/c1-13(2)8-10-21-16-11-14(3)6-7-15(16)12-19-17(20)5-4-9-18/h6-7,11,13H,4-5,8-10,12,18H2,1-3H3,(H,19,20). The molecule has 118 valence electrons. The molecule has 0 aromatic heterocycles. The average Bonchev–Trinajstić information content (AvgIpc) is 2.43. The molecule has 1 aromatic rings. The molecule has 3 N–H and O–H groups in total. The van der Waals surface area contributed by atoms with Crippen molar-refractivity contribution in [3.63, 3.8) is 0 Å². The van der Waals surface area contributed by atoms with E-state index < -0.39 is 0 Å². The van der Waals surface area contributed by atoms with Crippen molar-refractivity contribution in [2.75, 3.05) is 13.2 Å². The molecule has 1 amide bonds. The van der Waals surface area contributed by atoms with E-state index in [4.69, 9.17) is 10.5 Å². The summed E-state index contributed by atoms with van der Waals surface area (Å²) >= 11 is 0. The van der Waals surface area contributed by atoms with Gasteiger partial charge in [0, 0.05) is 18.5 Å². The average molecular weight is 292 g/mol. The van der Waals surface area contributed by atoms with E-state index in [0.717, 1.165) is 29.7 Å². The first-order chi connectivity index (χ1) is 10.0. The maximum atomic E-state index is 11.6. The Kier molecular flexibility index (Phi) is 7.83. The molecule has 0 unspecified atom stereocenters. The SMILES string of the molecule is Cc1ccc(CNC(=O)CCCN)c(OCCC(C)C)c1. The number of hydrogen-bond acceptors (Lipinski definition) is 3. The summed E-state index contributed by atoms with van der Waals surface area (Å²) in [6, 6.07) is 6.08. The molecule has 0 aliphatic rings. The first kappa shape index (κ1) is 17.5. The van der Waals surface area contributed by atoms with Crippen LogP contribution in [-0.4, -0.2) is 19.1 Å². The molecular weight excluding hydrogens is 264 g/mol. The smallest absolute Gasteiger partial charge is 0.220 e. The third kappa shape index (κ3) is 7.14. The lowest BCUT2D eigenvalue weighted by Crippen LogP contribution is -2.23. The molecule has 4 heteroatoms. The summed E-state index contributed by atoms with van der Waals surface area (Å²) in [5.41, 5.74) is 7.58. The van der Waals surface area contributed by atoms with Gasteiger partial charge in [0.05, 0.1) is 6.61 Å². The highest BCUT2D eigenvalue weighted by atomic mass is 16.5. The lowest BCUT2D eigenvalue weighted by molar-refractivity contribution is -0.121. The van der Waals surface area contributed by atoms with Crippen LogP contribution < -0.4 is 15.8 Å². The van der Waals surface area contributed by atoms with E-state index in [0.29, 0.717) is 32.0 Å². The Morgan fingerprint density at radius 1 is 1.38 bits per heavy atom. The Morgan fingerprint density at radius 2 is 2.14 bits per heavy atom. The second kappa shape index (κ2) is 9.40. The largest absolute Gasteiger partial charge is 0.493 e. The summed E-state index contributed by atoms with van der Waals surface area (Å²) < 4.78 is 5.87. The van der Waals surface area contributed by atoms with Crippen LogP contribution in [0.1, 0.15) is 44.2 Å². The van der Waals surface area contributed by atoms with E-state index in [2.05, 4.69) is 19.2 Å². The topological polar surface area (TPSA) is 64.4 Å². The van der Waals surface area contributed by atoms with Gasteiger partial charge in [0.1, 0.15) is 5.75 Å². The van der Waals surface area contributed by atoms with Crippen molar-refractivity contribution >= 4 is 5.91 Å². The van der Waals surface area contributed by atoms with Gasteiger partial charge in [-0.15, -0.1) is 0 Å². The third-order valence-corrected chi connectivity index (χ3v) is 3.26. The molecule has 0 radical (unpaired) electrons. The van der Waals surface area contributed by atoms with Crippen molar-refractivity contribution in [1.82, 2.24) is 5.32 Å². The van der Waals surface area contributed by atoms with Crippen LogP contribution in [-0.2, 0) is 11.3 Å². The maximum Gasteiger partial charge on any atom is 0.220 e. The molecule has 0 aliphatic heterocycles. The number of ether oxygens (including phenoxy) is 1. The van der Waals surface area contributed by atoms with Crippen LogP contribution in [0.2, 0.25) is 0 Å². The van der Waals surface area contributed by atoms with Crippen molar-refractivity contribution in [3.05, 3.63) is 29.3 Å². The van der Waals surface area contributed by atoms with E-state index in [1.165, 1.54) is 0 Å². The number of rotatable bonds is 9. The molecule has 0 saturated carbocycles. The van der Waals surface area contributed by atoms with E-state index in [9.17, 15) is 4.79 Å². The fourth-order valence-corrected chi connectivity index (χ4v) is 1.89. The second-order valence-corrected chi connectivity index (χ2v) is 5.81. The molecule has 21 heavy (non-hydrogen) atoms. The van der Waals surface area contributed by atoms with Crippen LogP contribution in [0, 0.1) is 12.8 Å². The minimum absolute atomic E-state index is 0.0363. The molecular formula is C17H28N2O2. The van der Waals surface area contributed by atoms with Gasteiger partial charge in [0.25, 0.3) is 0 Å². The molecule has 0 aliphatic carbocycles. The van der Waals surface area contributed by atoms with Gasteiger partial charge in [0.15, 0.2) is 0 Å². The van der Waals surface area contributed by atoms with Crippen molar-refractivity contribution in [2.24, 2.45) is 11.7 Å². The Bertz CT molecular complexity index is 444. The molecule has 0 fully saturated rings. The number of aryl methyl sites for hydroxylation is 1. The fraction of sp³-hybridized carbons (Fsp3) is 0.588. The van der Waals surface area contributed by atoms with Gasteiger partial charge in [0.2, 0.25) is 5.91 Å². The molecule has 0 saturated heterocycles. The predicted octanol–water partition coefficient (Wildman–Crippen LogP) is 2.78. The predicted molar refractivity (Wildman–Crippen MR) is 86.3 cm³/mol. The highest BCUT2D eigenvalue weighted by Crippen LogP contribution is 2.21. The zero-order valence-electron chi connectivity index (χ0n) is 13.4. The lowest BCUT2D eigenvalue weighted by atomic mass is 10.1.